The molecule has 10 heteroatoms. The van der Waals surface area contributed by atoms with Crippen molar-refractivity contribution in [2.75, 3.05) is 18.9 Å². The second-order valence-corrected chi connectivity index (χ2v) is 12.0. The molecule has 0 spiro atoms. The van der Waals surface area contributed by atoms with Crippen LogP contribution in [-0.2, 0) is 30.9 Å². The molecule has 2 aliphatic heterocycles. The number of aryl methyl sites for hydroxylation is 1. The maximum Gasteiger partial charge on any atom is 0.278 e. The SMILES string of the molecule is C=CCn1c(=O)c2cnc(Nc3cc4c5c(c3)CN(C)CC5SC4)nc2n1-c1ccc2c(n1)C(O)(CC)CC2. The van der Waals surface area contributed by atoms with Crippen LogP contribution in [0.25, 0.3) is 16.9 Å². The highest BCUT2D eigenvalue weighted by atomic mass is 32.2. The number of fused-ring (bicyclic) bond motifs is 2. The molecule has 7 rings (SSSR count). The van der Waals surface area contributed by atoms with Crippen LogP contribution in [0.5, 0.6) is 0 Å². The molecular formula is C29H31N7O2S. The van der Waals surface area contributed by atoms with Crippen molar-refractivity contribution in [3.63, 3.8) is 0 Å². The molecule has 5 heterocycles. The average molecular weight is 542 g/mol. The normalized spacial score (nSPS) is 21.8. The highest BCUT2D eigenvalue weighted by Gasteiger charge is 2.37. The van der Waals surface area contributed by atoms with E-state index in [1.807, 2.05) is 30.8 Å². The van der Waals surface area contributed by atoms with Crippen LogP contribution in [0.3, 0.4) is 0 Å². The first-order valence-corrected chi connectivity index (χ1v) is 14.5. The number of benzene rings is 1. The predicted octanol–water partition coefficient (Wildman–Crippen LogP) is 4.18. The molecule has 3 aliphatic rings. The van der Waals surface area contributed by atoms with Crippen LogP contribution in [-0.4, -0.2) is 47.9 Å². The number of thioether (sulfide) groups is 1. The van der Waals surface area contributed by atoms with Gasteiger partial charge in [0.2, 0.25) is 5.95 Å². The van der Waals surface area contributed by atoms with E-state index in [0.29, 0.717) is 46.6 Å². The van der Waals surface area contributed by atoms with Crippen molar-refractivity contribution in [2.24, 2.45) is 0 Å². The van der Waals surface area contributed by atoms with Gasteiger partial charge in [-0.15, -0.1) is 18.3 Å². The summed E-state index contributed by atoms with van der Waals surface area (Å²) in [5.74, 6) is 1.96. The lowest BCUT2D eigenvalue weighted by atomic mass is 9.94. The number of hydrogen-bond acceptors (Lipinski definition) is 8. The third kappa shape index (κ3) is 3.84. The number of rotatable bonds is 6. The third-order valence-corrected chi connectivity index (χ3v) is 9.54. The van der Waals surface area contributed by atoms with E-state index in [1.165, 1.54) is 16.7 Å². The highest BCUT2D eigenvalue weighted by molar-refractivity contribution is 7.99. The van der Waals surface area contributed by atoms with Gasteiger partial charge in [0.1, 0.15) is 11.0 Å². The Hall–Kier alpha value is -3.47. The van der Waals surface area contributed by atoms with Gasteiger partial charge in [0, 0.05) is 36.0 Å². The molecular weight excluding hydrogens is 510 g/mol. The number of likely N-dealkylation sites (N-methyl/N-ethyl adjacent to an activating group) is 1. The van der Waals surface area contributed by atoms with Gasteiger partial charge in [0.15, 0.2) is 11.5 Å². The van der Waals surface area contributed by atoms with Crippen molar-refractivity contribution < 1.29 is 5.11 Å². The fraction of sp³-hybridized carbons (Fsp3) is 0.379. The van der Waals surface area contributed by atoms with E-state index < -0.39 is 5.60 Å². The minimum Gasteiger partial charge on any atom is -0.384 e. The maximum atomic E-state index is 13.4. The molecule has 0 radical (unpaired) electrons. The lowest BCUT2D eigenvalue weighted by Crippen LogP contribution is -2.28. The third-order valence-electron chi connectivity index (χ3n) is 8.28. The Kier molecular flexibility index (Phi) is 5.69. The molecule has 2 unspecified atom stereocenters. The summed E-state index contributed by atoms with van der Waals surface area (Å²) in [5, 5.41) is 15.5. The summed E-state index contributed by atoms with van der Waals surface area (Å²) in [6.07, 6.45) is 5.27. The minimum absolute atomic E-state index is 0.211. The molecule has 3 aromatic heterocycles. The number of hydrogen-bond donors (Lipinski definition) is 2. The van der Waals surface area contributed by atoms with Crippen molar-refractivity contribution in [2.45, 2.75) is 55.9 Å². The lowest BCUT2D eigenvalue weighted by Gasteiger charge is -2.29. The lowest BCUT2D eigenvalue weighted by molar-refractivity contribution is 0.0306. The van der Waals surface area contributed by atoms with Crippen LogP contribution in [0.2, 0.25) is 0 Å². The van der Waals surface area contributed by atoms with Crippen molar-refractivity contribution in [3.05, 3.63) is 81.4 Å². The van der Waals surface area contributed by atoms with Gasteiger partial charge in [-0.3, -0.25) is 4.79 Å². The number of anilines is 2. The van der Waals surface area contributed by atoms with Crippen molar-refractivity contribution >= 4 is 34.4 Å². The first-order chi connectivity index (χ1) is 18.9. The van der Waals surface area contributed by atoms with Crippen molar-refractivity contribution in [3.8, 4) is 5.82 Å². The Balaban J connectivity index is 1.33. The zero-order valence-corrected chi connectivity index (χ0v) is 23.0. The average Bonchev–Trinajstić information content (AvgIpc) is 3.57. The van der Waals surface area contributed by atoms with Crippen molar-refractivity contribution in [1.29, 1.82) is 0 Å². The maximum absolute atomic E-state index is 13.4. The largest absolute Gasteiger partial charge is 0.384 e. The zero-order chi connectivity index (χ0) is 26.9. The molecule has 200 valence electrons. The molecule has 0 saturated heterocycles. The molecule has 0 amide bonds. The van der Waals surface area contributed by atoms with Gasteiger partial charge in [-0.05, 0) is 66.8 Å². The Bertz CT molecular complexity index is 1710. The first-order valence-electron chi connectivity index (χ1n) is 13.4. The van der Waals surface area contributed by atoms with Crippen LogP contribution >= 0.6 is 11.8 Å². The minimum atomic E-state index is -0.960. The number of nitrogens with zero attached hydrogens (tertiary/aromatic N) is 6. The van der Waals surface area contributed by atoms with Gasteiger partial charge in [0.05, 0.1) is 12.2 Å². The van der Waals surface area contributed by atoms with Crippen LogP contribution in [0, 0.1) is 0 Å². The quantitative estimate of drug-likeness (QED) is 0.351. The fourth-order valence-electron chi connectivity index (χ4n) is 6.31. The summed E-state index contributed by atoms with van der Waals surface area (Å²) >= 11 is 2.00. The Morgan fingerprint density at radius 2 is 2.10 bits per heavy atom. The van der Waals surface area contributed by atoms with Crippen LogP contribution in [0.15, 0.2) is 47.9 Å². The predicted molar refractivity (Wildman–Crippen MR) is 154 cm³/mol. The van der Waals surface area contributed by atoms with Gasteiger partial charge in [-0.1, -0.05) is 19.1 Å². The molecule has 1 aliphatic carbocycles. The van der Waals surface area contributed by atoms with E-state index in [1.54, 1.807) is 21.6 Å². The van der Waals surface area contributed by atoms with Gasteiger partial charge < -0.3 is 15.3 Å². The van der Waals surface area contributed by atoms with E-state index in [9.17, 15) is 9.90 Å². The second kappa shape index (κ2) is 9.04. The topological polar surface area (TPSA) is 101 Å². The second-order valence-electron chi connectivity index (χ2n) is 10.8. The molecule has 1 aromatic carbocycles. The molecule has 0 saturated carbocycles. The van der Waals surface area contributed by atoms with Gasteiger partial charge in [-0.25, -0.2) is 19.3 Å². The molecule has 9 nitrogen and oxygen atoms in total. The number of aromatic nitrogens is 5. The fourth-order valence-corrected chi connectivity index (χ4v) is 7.76. The zero-order valence-electron chi connectivity index (χ0n) is 22.1. The van der Waals surface area contributed by atoms with Crippen LogP contribution in [0.4, 0.5) is 11.6 Å². The van der Waals surface area contributed by atoms with E-state index in [4.69, 9.17) is 9.97 Å². The Labute approximate surface area is 230 Å². The first kappa shape index (κ1) is 24.6. The smallest absolute Gasteiger partial charge is 0.278 e. The number of aliphatic hydroxyl groups is 1. The standard InChI is InChI=1S/C29H31N7O2S/c1-4-10-35-27(37)21-13-30-28(31-20-11-18-14-34(3)15-22-24(18)19(12-20)16-39-22)33-26(21)36(35)23-7-6-17-8-9-29(38,5-2)25(17)32-23/h4,6-7,11-13,22,38H,1,5,8-10,14-16H2,2-3H3,(H,30,31,33). The van der Waals surface area contributed by atoms with E-state index in [0.717, 1.165) is 36.5 Å². The van der Waals surface area contributed by atoms with Crippen LogP contribution < -0.4 is 10.9 Å². The molecule has 2 N–H and O–H groups in total. The van der Waals surface area contributed by atoms with Crippen molar-refractivity contribution in [1.82, 2.24) is 29.2 Å². The van der Waals surface area contributed by atoms with Gasteiger partial charge >= 0.3 is 0 Å². The summed E-state index contributed by atoms with van der Waals surface area (Å²) in [6.45, 7) is 8.11. The number of pyridine rings is 1. The molecule has 0 fully saturated rings. The van der Waals surface area contributed by atoms with E-state index in [2.05, 4.69) is 41.0 Å². The summed E-state index contributed by atoms with van der Waals surface area (Å²) in [5.41, 5.74) is 6.17. The monoisotopic (exact) mass is 541 g/mol. The van der Waals surface area contributed by atoms with Crippen LogP contribution in [0.1, 0.15) is 53.0 Å². The summed E-state index contributed by atoms with van der Waals surface area (Å²) in [6, 6.07) is 8.29. The summed E-state index contributed by atoms with van der Waals surface area (Å²) < 4.78 is 3.29. The Morgan fingerprint density at radius 1 is 1.26 bits per heavy atom. The summed E-state index contributed by atoms with van der Waals surface area (Å²) in [4.78, 5) is 30.0. The molecule has 0 bridgehead atoms. The van der Waals surface area contributed by atoms with E-state index >= 15 is 0 Å². The number of nitrogens with one attached hydrogen (secondary N) is 1. The Morgan fingerprint density at radius 3 is 2.92 bits per heavy atom. The number of allylic oxidation sites excluding steroid dienone is 1. The molecule has 39 heavy (non-hydrogen) atoms. The van der Waals surface area contributed by atoms with Gasteiger partial charge in [-0.2, -0.15) is 4.98 Å². The van der Waals surface area contributed by atoms with Gasteiger partial charge in [0.25, 0.3) is 5.56 Å². The van der Waals surface area contributed by atoms with E-state index in [-0.39, 0.29) is 12.1 Å². The highest BCUT2D eigenvalue weighted by Crippen LogP contribution is 2.47. The molecule has 2 atom stereocenters. The summed E-state index contributed by atoms with van der Waals surface area (Å²) in [7, 11) is 2.17. The molecule has 4 aromatic rings.